The van der Waals surface area contributed by atoms with Crippen molar-refractivity contribution >= 4 is 5.69 Å². The van der Waals surface area contributed by atoms with Crippen LogP contribution in [0.5, 0.6) is 0 Å². The standard InChI is InChI=1S/C18H11N2.C11H8N.Ir/c1-19-16-10-5-9-15(13-16)18-17(11-6-12-20-18)14-7-3-2-4-8-14;1-2-6-10(7-3-1)11-8-4-5-9-12-11;/h2-8,10-13H;1-6,8-9H;/q2*-1;. The van der Waals surface area contributed by atoms with Gasteiger partial charge in [-0.3, -0.25) is 4.85 Å². The summed E-state index contributed by atoms with van der Waals surface area (Å²) in [5, 5.41) is 0. The van der Waals surface area contributed by atoms with Crippen molar-refractivity contribution in [1.29, 1.82) is 0 Å². The second-order valence-corrected chi connectivity index (χ2v) is 6.83. The van der Waals surface area contributed by atoms with Crippen LogP contribution in [-0.4, -0.2) is 9.97 Å². The zero-order chi connectivity index (χ0) is 22.0. The van der Waals surface area contributed by atoms with Crippen LogP contribution in [0.15, 0.2) is 116 Å². The van der Waals surface area contributed by atoms with E-state index >= 15 is 0 Å². The van der Waals surface area contributed by atoms with E-state index in [1.807, 2.05) is 78.9 Å². The Bertz CT molecular complexity index is 1280. The summed E-state index contributed by atoms with van der Waals surface area (Å²) in [7, 11) is 0. The Morgan fingerprint density at radius 1 is 0.667 bits per heavy atom. The molecule has 0 N–H and O–H groups in total. The van der Waals surface area contributed by atoms with Crippen LogP contribution in [0.4, 0.5) is 5.69 Å². The Balaban J connectivity index is 0.000000202. The van der Waals surface area contributed by atoms with Crippen LogP contribution in [-0.2, 0) is 20.1 Å². The van der Waals surface area contributed by atoms with Gasteiger partial charge in [-0.15, -0.1) is 59.7 Å². The summed E-state index contributed by atoms with van der Waals surface area (Å²) in [6.45, 7) is 7.11. The van der Waals surface area contributed by atoms with E-state index in [4.69, 9.17) is 6.57 Å². The van der Waals surface area contributed by atoms with Gasteiger partial charge in [0.25, 0.3) is 0 Å². The molecule has 0 aliphatic carbocycles. The number of aromatic nitrogens is 2. The molecule has 33 heavy (non-hydrogen) atoms. The van der Waals surface area contributed by atoms with E-state index in [1.165, 1.54) is 0 Å². The van der Waals surface area contributed by atoms with Gasteiger partial charge < -0.3 is 9.97 Å². The van der Waals surface area contributed by atoms with E-state index in [2.05, 4.69) is 39.1 Å². The van der Waals surface area contributed by atoms with Crippen LogP contribution in [0, 0.1) is 18.7 Å². The minimum absolute atomic E-state index is 0. The van der Waals surface area contributed by atoms with Crippen molar-refractivity contribution in [1.82, 2.24) is 9.97 Å². The molecule has 0 fully saturated rings. The van der Waals surface area contributed by atoms with E-state index < -0.39 is 0 Å². The van der Waals surface area contributed by atoms with Gasteiger partial charge in [0.1, 0.15) is 5.69 Å². The summed E-state index contributed by atoms with van der Waals surface area (Å²) in [6, 6.07) is 39.4. The Hall–Kier alpha value is -3.90. The topological polar surface area (TPSA) is 30.1 Å². The SMILES string of the molecule is [C-]#[N+]c1cc[c-]c(-c2ncccc2-c2ccccc2)c1.[Ir].[c-]1ccccc1-c1ccccn1. The molecular formula is C29H19IrN3-2. The minimum atomic E-state index is 0. The monoisotopic (exact) mass is 602 g/mol. The molecule has 4 heteroatoms. The van der Waals surface area contributed by atoms with Crippen molar-refractivity contribution in [3.63, 3.8) is 0 Å². The maximum absolute atomic E-state index is 7.11. The second-order valence-electron chi connectivity index (χ2n) is 6.83. The Kier molecular flexibility index (Phi) is 8.79. The van der Waals surface area contributed by atoms with Gasteiger partial charge in [0.15, 0.2) is 0 Å². The molecule has 0 spiro atoms. The number of rotatable bonds is 3. The maximum atomic E-state index is 7.11. The molecule has 2 heterocycles. The first kappa shape index (κ1) is 23.8. The first-order valence-electron chi connectivity index (χ1n) is 10.1. The van der Waals surface area contributed by atoms with Crippen molar-refractivity contribution in [2.45, 2.75) is 0 Å². The summed E-state index contributed by atoms with van der Waals surface area (Å²) < 4.78 is 0. The number of pyridine rings is 2. The van der Waals surface area contributed by atoms with Crippen LogP contribution in [0.3, 0.4) is 0 Å². The minimum Gasteiger partial charge on any atom is -0.305 e. The molecule has 3 aromatic carbocycles. The number of nitrogens with zero attached hydrogens (tertiary/aromatic N) is 3. The van der Waals surface area contributed by atoms with E-state index in [0.29, 0.717) is 5.69 Å². The van der Waals surface area contributed by atoms with Gasteiger partial charge in [-0.2, -0.15) is 6.07 Å². The van der Waals surface area contributed by atoms with E-state index in [1.54, 1.807) is 24.5 Å². The van der Waals surface area contributed by atoms with Crippen LogP contribution in [0.2, 0.25) is 0 Å². The predicted molar refractivity (Wildman–Crippen MR) is 129 cm³/mol. The van der Waals surface area contributed by atoms with Gasteiger partial charge in [0.05, 0.1) is 6.57 Å². The van der Waals surface area contributed by atoms with Crippen molar-refractivity contribution in [3.05, 3.63) is 139 Å². The van der Waals surface area contributed by atoms with Gasteiger partial charge in [0.2, 0.25) is 0 Å². The molecule has 0 unspecified atom stereocenters. The predicted octanol–water partition coefficient (Wildman–Crippen LogP) is 7.31. The molecule has 2 aromatic heterocycles. The van der Waals surface area contributed by atoms with E-state index in [9.17, 15) is 0 Å². The van der Waals surface area contributed by atoms with Gasteiger partial charge in [-0.25, -0.2) is 0 Å². The second kappa shape index (κ2) is 12.2. The smallest absolute Gasteiger partial charge is 0.108 e. The number of hydrogen-bond acceptors (Lipinski definition) is 2. The van der Waals surface area contributed by atoms with Gasteiger partial charge in [0, 0.05) is 32.5 Å². The molecule has 0 amide bonds. The summed E-state index contributed by atoms with van der Waals surface area (Å²) >= 11 is 0. The first-order chi connectivity index (χ1) is 15.8. The van der Waals surface area contributed by atoms with Gasteiger partial charge in [-0.1, -0.05) is 48.5 Å². The molecule has 5 aromatic rings. The largest absolute Gasteiger partial charge is 0.305 e. The van der Waals surface area contributed by atoms with Crippen LogP contribution in [0.25, 0.3) is 38.5 Å². The Labute approximate surface area is 208 Å². The van der Waals surface area contributed by atoms with Gasteiger partial charge in [-0.05, 0) is 34.6 Å². The third kappa shape index (κ3) is 6.30. The third-order valence-electron chi connectivity index (χ3n) is 4.71. The van der Waals surface area contributed by atoms with Crippen molar-refractivity contribution < 1.29 is 20.1 Å². The third-order valence-corrected chi connectivity index (χ3v) is 4.71. The first-order valence-corrected chi connectivity index (χ1v) is 10.1. The Morgan fingerprint density at radius 2 is 1.42 bits per heavy atom. The molecule has 1 radical (unpaired) electrons. The average Bonchev–Trinajstić information content (AvgIpc) is 2.91. The molecule has 0 bridgehead atoms. The number of benzene rings is 3. The fraction of sp³-hybridized carbons (Fsp3) is 0. The number of hydrogen-bond donors (Lipinski definition) is 0. The molecule has 0 saturated carbocycles. The van der Waals surface area contributed by atoms with Crippen molar-refractivity contribution in [3.8, 4) is 33.6 Å². The summed E-state index contributed by atoms with van der Waals surface area (Å²) in [5.41, 5.74) is 6.46. The summed E-state index contributed by atoms with van der Waals surface area (Å²) in [4.78, 5) is 12.1. The molecule has 0 aliphatic heterocycles. The molecule has 3 nitrogen and oxygen atoms in total. The molecule has 0 aliphatic rings. The average molecular weight is 602 g/mol. The van der Waals surface area contributed by atoms with Crippen molar-refractivity contribution in [2.75, 3.05) is 0 Å². The van der Waals surface area contributed by atoms with Crippen LogP contribution in [0.1, 0.15) is 0 Å². The molecule has 161 valence electrons. The summed E-state index contributed by atoms with van der Waals surface area (Å²) in [6.07, 6.45) is 3.55. The van der Waals surface area contributed by atoms with Crippen LogP contribution < -0.4 is 0 Å². The zero-order valence-corrected chi connectivity index (χ0v) is 20.0. The maximum Gasteiger partial charge on any atom is 0.108 e. The van der Waals surface area contributed by atoms with Gasteiger partial charge >= 0.3 is 0 Å². The fourth-order valence-electron chi connectivity index (χ4n) is 3.21. The molecule has 0 atom stereocenters. The van der Waals surface area contributed by atoms with Crippen LogP contribution >= 0.6 is 0 Å². The fourth-order valence-corrected chi connectivity index (χ4v) is 3.21. The Morgan fingerprint density at radius 3 is 2.15 bits per heavy atom. The van der Waals surface area contributed by atoms with E-state index in [0.717, 1.165) is 33.6 Å². The molecular weight excluding hydrogens is 583 g/mol. The van der Waals surface area contributed by atoms with E-state index in [-0.39, 0.29) is 20.1 Å². The molecule has 0 saturated heterocycles. The zero-order valence-electron chi connectivity index (χ0n) is 17.6. The van der Waals surface area contributed by atoms with Crippen molar-refractivity contribution in [2.24, 2.45) is 0 Å². The quantitative estimate of drug-likeness (QED) is 0.203. The summed E-state index contributed by atoms with van der Waals surface area (Å²) in [5.74, 6) is 0. The normalized spacial score (nSPS) is 9.55. The molecule has 5 rings (SSSR count).